The Kier molecular flexibility index (Phi) is 2.17. The Labute approximate surface area is 67.4 Å². The van der Waals surface area contributed by atoms with Gasteiger partial charge < -0.3 is 9.88 Å². The van der Waals surface area contributed by atoms with Crippen molar-refractivity contribution in [1.82, 2.24) is 9.97 Å². The van der Waals surface area contributed by atoms with Crippen molar-refractivity contribution in [2.45, 2.75) is 19.8 Å². The summed E-state index contributed by atoms with van der Waals surface area (Å²) in [7, 11) is 3.97. The van der Waals surface area contributed by atoms with E-state index in [2.05, 4.69) is 23.8 Å². The average Bonchev–Trinajstić information content (AvgIpc) is 2.33. The van der Waals surface area contributed by atoms with E-state index in [0.717, 1.165) is 11.6 Å². The van der Waals surface area contributed by atoms with E-state index >= 15 is 0 Å². The van der Waals surface area contributed by atoms with Crippen molar-refractivity contribution in [3.05, 3.63) is 12.0 Å². The fraction of sp³-hybridized carbons (Fsp3) is 0.625. The molecule has 0 saturated carbocycles. The molecule has 1 aromatic heterocycles. The highest BCUT2D eigenvalue weighted by Crippen LogP contribution is 2.13. The van der Waals surface area contributed by atoms with Crippen LogP contribution in [-0.4, -0.2) is 24.1 Å². The van der Waals surface area contributed by atoms with Gasteiger partial charge in [0.25, 0.3) is 0 Å². The lowest BCUT2D eigenvalue weighted by molar-refractivity contribution is 0.793. The molecular weight excluding hydrogens is 138 g/mol. The fourth-order valence-electron chi connectivity index (χ4n) is 0.851. The Morgan fingerprint density at radius 1 is 1.45 bits per heavy atom. The third kappa shape index (κ3) is 1.73. The van der Waals surface area contributed by atoms with Gasteiger partial charge in [-0.2, -0.15) is 0 Å². The Morgan fingerprint density at radius 2 is 2.09 bits per heavy atom. The van der Waals surface area contributed by atoms with Gasteiger partial charge >= 0.3 is 0 Å². The molecule has 0 aliphatic heterocycles. The second kappa shape index (κ2) is 2.95. The summed E-state index contributed by atoms with van der Waals surface area (Å²) in [6.07, 6.45) is 1.93. The number of hydrogen-bond donors (Lipinski definition) is 1. The Bertz CT molecular complexity index is 202. The third-order valence-electron chi connectivity index (χ3n) is 1.59. The topological polar surface area (TPSA) is 31.9 Å². The molecule has 1 heterocycles. The quantitative estimate of drug-likeness (QED) is 0.699. The molecule has 1 N–H and O–H groups in total. The summed E-state index contributed by atoms with van der Waals surface area (Å²) in [4.78, 5) is 9.50. The van der Waals surface area contributed by atoms with Gasteiger partial charge in [-0.1, -0.05) is 13.8 Å². The lowest BCUT2D eigenvalue weighted by Gasteiger charge is -2.06. The van der Waals surface area contributed by atoms with Gasteiger partial charge in [0.05, 0.1) is 0 Å². The Morgan fingerprint density at radius 3 is 2.36 bits per heavy atom. The Balaban J connectivity index is 2.82. The van der Waals surface area contributed by atoms with Gasteiger partial charge in [0, 0.05) is 26.2 Å². The summed E-state index contributed by atoms with van der Waals surface area (Å²) < 4.78 is 0. The van der Waals surface area contributed by atoms with Crippen LogP contribution in [0.15, 0.2) is 6.20 Å². The average molecular weight is 153 g/mol. The van der Waals surface area contributed by atoms with Gasteiger partial charge in [-0.15, -0.1) is 0 Å². The van der Waals surface area contributed by atoms with E-state index in [1.807, 2.05) is 25.2 Å². The molecule has 0 aliphatic carbocycles. The molecule has 1 rings (SSSR count). The van der Waals surface area contributed by atoms with Crippen LogP contribution in [-0.2, 0) is 0 Å². The van der Waals surface area contributed by atoms with Crippen molar-refractivity contribution in [3.63, 3.8) is 0 Å². The summed E-state index contributed by atoms with van der Waals surface area (Å²) in [6.45, 7) is 4.25. The minimum atomic E-state index is 0.476. The second-order valence-corrected chi connectivity index (χ2v) is 3.19. The van der Waals surface area contributed by atoms with E-state index in [4.69, 9.17) is 0 Å². The number of nitrogens with zero attached hydrogens (tertiary/aromatic N) is 2. The van der Waals surface area contributed by atoms with Crippen LogP contribution in [0.1, 0.15) is 25.6 Å². The molecule has 11 heavy (non-hydrogen) atoms. The van der Waals surface area contributed by atoms with Crippen molar-refractivity contribution in [3.8, 4) is 0 Å². The van der Waals surface area contributed by atoms with Gasteiger partial charge in [0.1, 0.15) is 11.6 Å². The van der Waals surface area contributed by atoms with Crippen LogP contribution in [0, 0.1) is 0 Å². The standard InChI is InChI=1S/C8H15N3/c1-6(2)8-9-5-7(10-8)11(3)4/h5-6H,1-4H3,(H,9,10). The molecule has 0 atom stereocenters. The summed E-state index contributed by atoms with van der Waals surface area (Å²) in [5.41, 5.74) is 0. The molecule has 0 amide bonds. The predicted molar refractivity (Wildman–Crippen MR) is 47.0 cm³/mol. The zero-order valence-corrected chi connectivity index (χ0v) is 7.55. The van der Waals surface area contributed by atoms with Gasteiger partial charge in [-0.25, -0.2) is 4.98 Å². The van der Waals surface area contributed by atoms with Crippen LogP contribution < -0.4 is 4.90 Å². The maximum absolute atomic E-state index is 4.38. The number of aromatic nitrogens is 2. The van der Waals surface area contributed by atoms with Gasteiger partial charge in [0.2, 0.25) is 0 Å². The molecule has 3 heteroatoms. The highest BCUT2D eigenvalue weighted by Gasteiger charge is 2.04. The summed E-state index contributed by atoms with van der Waals surface area (Å²) in [6, 6.07) is 0. The van der Waals surface area contributed by atoms with Crippen molar-refractivity contribution >= 4 is 5.82 Å². The highest BCUT2D eigenvalue weighted by atomic mass is 15.2. The first-order valence-electron chi connectivity index (χ1n) is 3.84. The van der Waals surface area contributed by atoms with E-state index in [0.29, 0.717) is 5.92 Å². The van der Waals surface area contributed by atoms with Crippen LogP contribution in [0.3, 0.4) is 0 Å². The molecule has 1 aromatic rings. The number of rotatable bonds is 2. The van der Waals surface area contributed by atoms with Crippen molar-refractivity contribution < 1.29 is 0 Å². The summed E-state index contributed by atoms with van der Waals surface area (Å²) in [5.74, 6) is 2.52. The predicted octanol–water partition coefficient (Wildman–Crippen LogP) is 1.60. The zero-order valence-electron chi connectivity index (χ0n) is 7.55. The number of nitrogens with one attached hydrogen (secondary N) is 1. The van der Waals surface area contributed by atoms with Crippen LogP contribution in [0.4, 0.5) is 5.82 Å². The normalized spacial score (nSPS) is 10.6. The molecule has 0 aromatic carbocycles. The van der Waals surface area contributed by atoms with E-state index in [1.54, 1.807) is 0 Å². The number of anilines is 1. The first kappa shape index (κ1) is 8.11. The summed E-state index contributed by atoms with van der Waals surface area (Å²) >= 11 is 0. The van der Waals surface area contributed by atoms with Gasteiger partial charge in [0.15, 0.2) is 0 Å². The molecule has 0 spiro atoms. The third-order valence-corrected chi connectivity index (χ3v) is 1.59. The van der Waals surface area contributed by atoms with Crippen LogP contribution in [0.5, 0.6) is 0 Å². The monoisotopic (exact) mass is 153 g/mol. The second-order valence-electron chi connectivity index (χ2n) is 3.19. The van der Waals surface area contributed by atoms with E-state index in [1.165, 1.54) is 0 Å². The SMILES string of the molecule is CC(C)c1nc(N(C)C)c[nH]1. The smallest absolute Gasteiger partial charge is 0.146 e. The molecule has 0 aliphatic rings. The molecule has 62 valence electrons. The number of hydrogen-bond acceptors (Lipinski definition) is 2. The van der Waals surface area contributed by atoms with Crippen molar-refractivity contribution in [2.24, 2.45) is 0 Å². The van der Waals surface area contributed by atoms with E-state index in [-0.39, 0.29) is 0 Å². The molecule has 0 fully saturated rings. The molecule has 0 unspecified atom stereocenters. The lowest BCUT2D eigenvalue weighted by Crippen LogP contribution is -2.08. The molecule has 0 radical (unpaired) electrons. The zero-order chi connectivity index (χ0) is 8.43. The first-order chi connectivity index (χ1) is 5.11. The van der Waals surface area contributed by atoms with E-state index in [9.17, 15) is 0 Å². The number of imidazole rings is 1. The maximum Gasteiger partial charge on any atom is 0.146 e. The maximum atomic E-state index is 4.38. The van der Waals surface area contributed by atoms with Crippen LogP contribution in [0.2, 0.25) is 0 Å². The van der Waals surface area contributed by atoms with Gasteiger partial charge in [-0.3, -0.25) is 0 Å². The van der Waals surface area contributed by atoms with Gasteiger partial charge in [-0.05, 0) is 0 Å². The minimum absolute atomic E-state index is 0.476. The van der Waals surface area contributed by atoms with Crippen molar-refractivity contribution in [2.75, 3.05) is 19.0 Å². The fourth-order valence-corrected chi connectivity index (χ4v) is 0.851. The molecule has 0 bridgehead atoms. The molecule has 0 saturated heterocycles. The number of aromatic amines is 1. The van der Waals surface area contributed by atoms with E-state index < -0.39 is 0 Å². The lowest BCUT2D eigenvalue weighted by atomic mass is 10.2. The van der Waals surface area contributed by atoms with Crippen molar-refractivity contribution in [1.29, 1.82) is 0 Å². The summed E-state index contributed by atoms with van der Waals surface area (Å²) in [5, 5.41) is 0. The largest absolute Gasteiger partial charge is 0.361 e. The number of H-pyrrole nitrogens is 1. The highest BCUT2D eigenvalue weighted by molar-refractivity contribution is 5.34. The van der Waals surface area contributed by atoms with Crippen LogP contribution >= 0.6 is 0 Å². The van der Waals surface area contributed by atoms with Crippen LogP contribution in [0.25, 0.3) is 0 Å². The molecular formula is C8H15N3. The Hall–Kier alpha value is -0.990. The molecule has 3 nitrogen and oxygen atoms in total. The minimum Gasteiger partial charge on any atom is -0.361 e. The first-order valence-corrected chi connectivity index (χ1v) is 3.84.